The zero-order valence-electron chi connectivity index (χ0n) is 23.5. The van der Waals surface area contributed by atoms with Crippen molar-refractivity contribution in [3.8, 4) is 5.75 Å². The van der Waals surface area contributed by atoms with Crippen molar-refractivity contribution in [3.63, 3.8) is 0 Å². The Kier molecular flexibility index (Phi) is 12.4. The van der Waals surface area contributed by atoms with Gasteiger partial charge in [-0.05, 0) is 72.1 Å². The number of amides is 2. The van der Waals surface area contributed by atoms with Crippen LogP contribution in [0.4, 0.5) is 22.7 Å². The monoisotopic (exact) mass is 692 g/mol. The Morgan fingerprint density at radius 1 is 0.891 bits per heavy atom. The van der Waals surface area contributed by atoms with Crippen LogP contribution in [0.15, 0.2) is 92.8 Å². The van der Waals surface area contributed by atoms with Crippen molar-refractivity contribution >= 4 is 79.5 Å². The Morgan fingerprint density at radius 3 is 2.35 bits per heavy atom. The lowest BCUT2D eigenvalue weighted by molar-refractivity contribution is -0.434. The van der Waals surface area contributed by atoms with Crippen molar-refractivity contribution in [3.05, 3.63) is 78.4 Å². The van der Waals surface area contributed by atoms with E-state index in [9.17, 15) is 23.1 Å². The van der Waals surface area contributed by atoms with E-state index in [-0.39, 0.29) is 57.3 Å². The predicted octanol–water partition coefficient (Wildman–Crippen LogP) is 6.37. The SMILES string of the molecule is CC(=O)Nc1ccc2c(O)c(N=Nc3ccc(C(=O)Nc4cccc(S(=O)(=O)CCOSOOO)c4)cc3)c(SOOO)cc2c1. The molecule has 19 heteroatoms. The van der Waals surface area contributed by atoms with Gasteiger partial charge < -0.3 is 15.7 Å². The number of carbonyl (C=O) groups is 2. The lowest BCUT2D eigenvalue weighted by Crippen LogP contribution is -2.14. The number of phenolic OH excluding ortho intramolecular Hbond substituents is 1. The molecule has 0 heterocycles. The molecule has 0 saturated heterocycles. The molecule has 0 atom stereocenters. The molecular weight excluding hydrogens is 669 g/mol. The van der Waals surface area contributed by atoms with Crippen LogP contribution in [0.2, 0.25) is 0 Å². The number of nitrogens with one attached hydrogen (secondary N) is 2. The van der Waals surface area contributed by atoms with Crippen LogP contribution < -0.4 is 10.6 Å². The molecule has 242 valence electrons. The maximum atomic E-state index is 12.8. The molecule has 0 spiro atoms. The van der Waals surface area contributed by atoms with E-state index in [1.807, 2.05) is 0 Å². The van der Waals surface area contributed by atoms with E-state index in [1.54, 1.807) is 24.3 Å². The van der Waals surface area contributed by atoms with Crippen molar-refractivity contribution in [2.45, 2.75) is 16.7 Å². The van der Waals surface area contributed by atoms with Gasteiger partial charge in [-0.3, -0.25) is 13.8 Å². The molecule has 0 radical (unpaired) electrons. The van der Waals surface area contributed by atoms with E-state index in [4.69, 9.17) is 14.7 Å². The van der Waals surface area contributed by atoms with E-state index >= 15 is 0 Å². The number of aromatic hydroxyl groups is 1. The quantitative estimate of drug-likeness (QED) is 0.0300. The number of fused-ring (bicyclic) bond motifs is 1. The molecule has 4 aromatic carbocycles. The third-order valence-corrected chi connectivity index (χ3v) is 8.59. The normalized spacial score (nSPS) is 11.6. The van der Waals surface area contributed by atoms with Crippen LogP contribution in [0.3, 0.4) is 0 Å². The first-order valence-corrected chi connectivity index (χ1v) is 15.8. The molecule has 16 nitrogen and oxygen atoms in total. The minimum atomic E-state index is -3.77. The summed E-state index contributed by atoms with van der Waals surface area (Å²) in [5.41, 5.74) is 1.27. The van der Waals surface area contributed by atoms with Crippen LogP contribution in [0.25, 0.3) is 10.8 Å². The van der Waals surface area contributed by atoms with Crippen LogP contribution in [-0.4, -0.2) is 48.2 Å². The zero-order chi connectivity index (χ0) is 33.1. The largest absolute Gasteiger partial charge is 0.505 e. The smallest absolute Gasteiger partial charge is 0.255 e. The van der Waals surface area contributed by atoms with Gasteiger partial charge in [0.15, 0.2) is 27.9 Å². The maximum absolute atomic E-state index is 12.8. The number of nitrogens with zero attached hydrogens (tertiary/aromatic N) is 2. The van der Waals surface area contributed by atoms with E-state index in [2.05, 4.69) is 39.6 Å². The molecule has 0 aliphatic carbocycles. The van der Waals surface area contributed by atoms with Gasteiger partial charge in [-0.1, -0.05) is 16.1 Å². The molecule has 0 bridgehead atoms. The van der Waals surface area contributed by atoms with Crippen molar-refractivity contribution in [2.75, 3.05) is 23.0 Å². The Balaban J connectivity index is 1.47. The molecular formula is C27H24N4O12S3. The summed E-state index contributed by atoms with van der Waals surface area (Å²) in [6, 6.07) is 18.0. The van der Waals surface area contributed by atoms with Crippen LogP contribution in [0.1, 0.15) is 17.3 Å². The standard InChI is InChI=1S/C27H24N4O12S3/c1-16(32)28-21-9-10-23-18(13-21)14-24(44-42-40-35)25(26(23)33)31-30-19-7-5-17(6-8-19)27(34)29-20-3-2-4-22(15-20)46(37,38)12-11-39-45-43-41-36/h2-10,13-15,33,35-36H,11-12H2,1H3,(H,28,32)(H,29,34). The number of azo groups is 1. The average Bonchev–Trinajstić information content (AvgIpc) is 3.03. The van der Waals surface area contributed by atoms with Crippen LogP contribution in [0, 0.1) is 0 Å². The number of hydrogen-bond donors (Lipinski definition) is 5. The molecule has 46 heavy (non-hydrogen) atoms. The number of rotatable bonds is 15. The topological polar surface area (TPSA) is 224 Å². The van der Waals surface area contributed by atoms with Gasteiger partial charge in [0.25, 0.3) is 5.91 Å². The summed E-state index contributed by atoms with van der Waals surface area (Å²) in [4.78, 5) is 24.4. The number of benzene rings is 4. The van der Waals surface area contributed by atoms with Gasteiger partial charge in [0, 0.05) is 29.2 Å². The highest BCUT2D eigenvalue weighted by Crippen LogP contribution is 2.44. The highest BCUT2D eigenvalue weighted by Gasteiger charge is 2.17. The Morgan fingerprint density at radius 2 is 1.63 bits per heavy atom. The Bertz CT molecular complexity index is 1840. The number of phenols is 1. The fourth-order valence-electron chi connectivity index (χ4n) is 3.93. The summed E-state index contributed by atoms with van der Waals surface area (Å²) in [5, 5.41) is 49.1. The Hall–Kier alpha value is -4.15. The van der Waals surface area contributed by atoms with E-state index in [0.717, 1.165) is 0 Å². The summed E-state index contributed by atoms with van der Waals surface area (Å²) in [6.45, 7) is 1.10. The summed E-state index contributed by atoms with van der Waals surface area (Å²) in [7, 11) is -3.77. The van der Waals surface area contributed by atoms with E-state index < -0.39 is 21.5 Å². The van der Waals surface area contributed by atoms with Crippen LogP contribution in [-0.2, 0) is 37.6 Å². The average molecular weight is 693 g/mol. The molecule has 0 saturated carbocycles. The fourth-order valence-corrected chi connectivity index (χ4v) is 5.88. The summed E-state index contributed by atoms with van der Waals surface area (Å²) in [5.74, 6) is -1.45. The van der Waals surface area contributed by atoms with Gasteiger partial charge in [0.1, 0.15) is 5.69 Å². The van der Waals surface area contributed by atoms with Crippen molar-refractivity contribution in [1.29, 1.82) is 0 Å². The number of sulfone groups is 1. The second-order valence-corrected chi connectivity index (χ2v) is 12.4. The first-order valence-electron chi connectivity index (χ1n) is 12.8. The highest BCUT2D eigenvalue weighted by molar-refractivity contribution is 7.94. The Labute approximate surface area is 269 Å². The summed E-state index contributed by atoms with van der Waals surface area (Å²) in [6.07, 6.45) is 0. The molecule has 5 N–H and O–H groups in total. The lowest BCUT2D eigenvalue weighted by Gasteiger charge is -2.10. The zero-order valence-corrected chi connectivity index (χ0v) is 25.9. The van der Waals surface area contributed by atoms with Gasteiger partial charge in [-0.25, -0.2) is 18.9 Å². The molecule has 2 amide bonds. The van der Waals surface area contributed by atoms with Crippen LogP contribution >= 0.6 is 24.4 Å². The molecule has 0 aromatic heterocycles. The lowest BCUT2D eigenvalue weighted by atomic mass is 10.1. The first kappa shape index (κ1) is 34.7. The first-order chi connectivity index (χ1) is 22.1. The van der Waals surface area contributed by atoms with Crippen molar-refractivity contribution in [1.82, 2.24) is 0 Å². The van der Waals surface area contributed by atoms with Crippen LogP contribution in [0.5, 0.6) is 5.75 Å². The van der Waals surface area contributed by atoms with Gasteiger partial charge in [-0.15, -0.1) is 13.8 Å². The second-order valence-electron chi connectivity index (χ2n) is 9.00. The van der Waals surface area contributed by atoms with Crippen molar-refractivity contribution in [2.24, 2.45) is 10.2 Å². The minimum Gasteiger partial charge on any atom is -0.505 e. The van der Waals surface area contributed by atoms with Gasteiger partial charge in [0.2, 0.25) is 5.91 Å². The molecule has 0 fully saturated rings. The molecule has 0 unspecified atom stereocenters. The van der Waals surface area contributed by atoms with Crippen molar-refractivity contribution < 1.29 is 56.6 Å². The van der Waals surface area contributed by atoms with Gasteiger partial charge in [-0.2, -0.15) is 5.11 Å². The summed E-state index contributed by atoms with van der Waals surface area (Å²) < 4.78 is 38.5. The maximum Gasteiger partial charge on any atom is 0.255 e. The second kappa shape index (κ2) is 16.4. The molecule has 4 rings (SSSR count). The number of anilines is 2. The fraction of sp³-hybridized carbons (Fsp3) is 0.111. The number of carbonyl (C=O) groups excluding carboxylic acids is 2. The minimum absolute atomic E-state index is 0.00342. The molecule has 0 aliphatic heterocycles. The highest BCUT2D eigenvalue weighted by atomic mass is 32.2. The van der Waals surface area contributed by atoms with Gasteiger partial charge >= 0.3 is 0 Å². The van der Waals surface area contributed by atoms with E-state index in [0.29, 0.717) is 34.2 Å². The predicted molar refractivity (Wildman–Crippen MR) is 166 cm³/mol. The van der Waals surface area contributed by atoms with Gasteiger partial charge in [0.05, 0.1) is 39.9 Å². The molecule has 0 aliphatic rings. The molecule has 4 aromatic rings. The van der Waals surface area contributed by atoms with E-state index in [1.165, 1.54) is 55.5 Å². The third kappa shape index (κ3) is 9.43. The summed E-state index contributed by atoms with van der Waals surface area (Å²) >= 11 is 0.818. The third-order valence-electron chi connectivity index (χ3n) is 5.91. The number of hydrogen-bond acceptors (Lipinski definition) is 16.